The Labute approximate surface area is 172 Å². The molecular formula is C22H20N4O2S. The van der Waals surface area contributed by atoms with Crippen molar-refractivity contribution in [2.24, 2.45) is 0 Å². The van der Waals surface area contributed by atoms with Crippen molar-refractivity contribution < 1.29 is 4.79 Å². The molecule has 6 nitrogen and oxygen atoms in total. The fourth-order valence-electron chi connectivity index (χ4n) is 3.13. The molecule has 0 saturated carbocycles. The number of ketones is 1. The molecule has 0 bridgehead atoms. The Morgan fingerprint density at radius 1 is 1.10 bits per heavy atom. The molecule has 7 heteroatoms. The van der Waals surface area contributed by atoms with Gasteiger partial charge in [0.2, 0.25) is 0 Å². The number of thiophene rings is 1. The molecule has 4 aromatic rings. The van der Waals surface area contributed by atoms with Gasteiger partial charge in [0, 0.05) is 18.8 Å². The van der Waals surface area contributed by atoms with E-state index in [0.717, 1.165) is 16.7 Å². The molecule has 3 heterocycles. The molecule has 0 unspecified atom stereocenters. The molecular weight excluding hydrogens is 384 g/mol. The minimum atomic E-state index is -0.218. The largest absolute Gasteiger partial charge is 0.351 e. The summed E-state index contributed by atoms with van der Waals surface area (Å²) in [6, 6.07) is 15.4. The zero-order valence-electron chi connectivity index (χ0n) is 16.0. The van der Waals surface area contributed by atoms with E-state index in [1.54, 1.807) is 12.4 Å². The zero-order chi connectivity index (χ0) is 20.2. The van der Waals surface area contributed by atoms with E-state index in [2.05, 4.69) is 10.1 Å². The van der Waals surface area contributed by atoms with Crippen molar-refractivity contribution >= 4 is 17.1 Å². The standard InChI is InChI=1S/C22H20N4O2S/c1-16-12-20(29-21(16)19(27)10-9-17-8-5-11-23-13-17)25-15-24-26(22(25)28)14-18-6-3-2-4-7-18/h2-8,11-13,15H,9-10,14H2,1H3. The van der Waals surface area contributed by atoms with E-state index < -0.39 is 0 Å². The van der Waals surface area contributed by atoms with Gasteiger partial charge in [-0.2, -0.15) is 5.10 Å². The van der Waals surface area contributed by atoms with Crippen LogP contribution in [0.4, 0.5) is 0 Å². The summed E-state index contributed by atoms with van der Waals surface area (Å²) in [5.41, 5.74) is 2.70. The van der Waals surface area contributed by atoms with Crippen molar-refractivity contribution in [3.05, 3.63) is 99.3 Å². The molecule has 0 atom stereocenters. The van der Waals surface area contributed by atoms with Gasteiger partial charge in [0.25, 0.3) is 0 Å². The smallest absolute Gasteiger partial charge is 0.293 e. The Morgan fingerprint density at radius 2 is 1.90 bits per heavy atom. The van der Waals surface area contributed by atoms with Crippen molar-refractivity contribution in [3.63, 3.8) is 0 Å². The molecule has 0 aliphatic heterocycles. The predicted octanol–water partition coefficient (Wildman–Crippen LogP) is 3.66. The highest BCUT2D eigenvalue weighted by Gasteiger charge is 2.17. The Bertz CT molecular complexity index is 1180. The number of hydrogen-bond acceptors (Lipinski definition) is 5. The Morgan fingerprint density at radius 3 is 2.66 bits per heavy atom. The number of aryl methyl sites for hydroxylation is 2. The first kappa shape index (κ1) is 19.0. The van der Waals surface area contributed by atoms with Crippen LogP contribution in [-0.4, -0.2) is 25.1 Å². The summed E-state index contributed by atoms with van der Waals surface area (Å²) in [6.45, 7) is 2.31. The van der Waals surface area contributed by atoms with Crippen LogP contribution in [0.5, 0.6) is 0 Å². The topological polar surface area (TPSA) is 69.8 Å². The number of carbonyl (C=O) groups excluding carboxylic acids is 1. The lowest BCUT2D eigenvalue weighted by molar-refractivity contribution is 0.0986. The molecule has 29 heavy (non-hydrogen) atoms. The number of nitrogens with zero attached hydrogens (tertiary/aromatic N) is 4. The first-order valence-electron chi connectivity index (χ1n) is 9.33. The van der Waals surface area contributed by atoms with E-state index in [0.29, 0.717) is 29.3 Å². The maximum Gasteiger partial charge on any atom is 0.351 e. The predicted molar refractivity (Wildman–Crippen MR) is 113 cm³/mol. The van der Waals surface area contributed by atoms with Crippen LogP contribution in [-0.2, 0) is 13.0 Å². The van der Waals surface area contributed by atoms with Crippen molar-refractivity contribution in [2.45, 2.75) is 26.3 Å². The molecule has 3 aromatic heterocycles. The van der Waals surface area contributed by atoms with E-state index in [4.69, 9.17) is 0 Å². The van der Waals surface area contributed by atoms with E-state index in [1.165, 1.54) is 26.9 Å². The third-order valence-corrected chi connectivity index (χ3v) is 5.94. The van der Waals surface area contributed by atoms with Crippen LogP contribution in [0.15, 0.2) is 72.0 Å². The Hall–Kier alpha value is -3.32. The number of pyridine rings is 1. The number of rotatable bonds is 7. The SMILES string of the molecule is Cc1cc(-n2cnn(Cc3ccccc3)c2=O)sc1C(=O)CCc1cccnc1. The van der Waals surface area contributed by atoms with Crippen molar-refractivity contribution in [2.75, 3.05) is 0 Å². The number of Topliss-reactive ketones (excluding diaryl/α,β-unsaturated/α-hetero) is 1. The first-order chi connectivity index (χ1) is 14.1. The summed E-state index contributed by atoms with van der Waals surface area (Å²) in [4.78, 5) is 30.2. The van der Waals surface area contributed by atoms with Crippen LogP contribution < -0.4 is 5.69 Å². The summed E-state index contributed by atoms with van der Waals surface area (Å²) in [6.07, 6.45) is 6.07. The van der Waals surface area contributed by atoms with Crippen LogP contribution in [0, 0.1) is 6.92 Å². The molecule has 0 aliphatic carbocycles. The second kappa shape index (κ2) is 8.36. The molecule has 146 valence electrons. The summed E-state index contributed by atoms with van der Waals surface area (Å²) < 4.78 is 2.92. The highest BCUT2D eigenvalue weighted by molar-refractivity contribution is 7.16. The average molecular weight is 404 g/mol. The second-order valence-corrected chi connectivity index (χ2v) is 7.84. The van der Waals surface area contributed by atoms with Crippen molar-refractivity contribution in [3.8, 4) is 5.00 Å². The van der Waals surface area contributed by atoms with Gasteiger partial charge in [-0.25, -0.2) is 14.0 Å². The third kappa shape index (κ3) is 4.25. The lowest BCUT2D eigenvalue weighted by atomic mass is 10.1. The lowest BCUT2D eigenvalue weighted by Crippen LogP contribution is -2.23. The van der Waals surface area contributed by atoms with Crippen LogP contribution in [0.2, 0.25) is 0 Å². The molecule has 0 saturated heterocycles. The van der Waals surface area contributed by atoms with Crippen LogP contribution in [0.3, 0.4) is 0 Å². The van der Waals surface area contributed by atoms with Crippen molar-refractivity contribution in [1.82, 2.24) is 19.3 Å². The Kier molecular flexibility index (Phi) is 5.48. The fourth-order valence-corrected chi connectivity index (χ4v) is 4.24. The molecule has 0 aliphatic rings. The third-order valence-electron chi connectivity index (χ3n) is 4.67. The number of aromatic nitrogens is 4. The van der Waals surface area contributed by atoms with E-state index in [9.17, 15) is 9.59 Å². The van der Waals surface area contributed by atoms with E-state index in [-0.39, 0.29) is 11.5 Å². The quantitative estimate of drug-likeness (QED) is 0.441. The minimum Gasteiger partial charge on any atom is -0.293 e. The molecule has 4 rings (SSSR count). The summed E-state index contributed by atoms with van der Waals surface area (Å²) in [5.74, 6) is 0.0762. The van der Waals surface area contributed by atoms with E-state index in [1.807, 2.05) is 55.5 Å². The van der Waals surface area contributed by atoms with Gasteiger partial charge < -0.3 is 0 Å². The first-order valence-corrected chi connectivity index (χ1v) is 10.1. The van der Waals surface area contributed by atoms with Gasteiger partial charge in [0.15, 0.2) is 5.78 Å². The van der Waals surface area contributed by atoms with Crippen molar-refractivity contribution in [1.29, 1.82) is 0 Å². The molecule has 1 aromatic carbocycles. The highest BCUT2D eigenvalue weighted by atomic mass is 32.1. The highest BCUT2D eigenvalue weighted by Crippen LogP contribution is 2.26. The van der Waals surface area contributed by atoms with Gasteiger partial charge in [-0.3, -0.25) is 9.78 Å². The number of hydrogen-bond donors (Lipinski definition) is 0. The van der Waals surface area contributed by atoms with Crippen LogP contribution >= 0.6 is 11.3 Å². The minimum absolute atomic E-state index is 0.0762. The fraction of sp³-hybridized carbons (Fsp3) is 0.182. The summed E-state index contributed by atoms with van der Waals surface area (Å²) >= 11 is 1.33. The van der Waals surface area contributed by atoms with Crippen LogP contribution in [0.1, 0.15) is 32.8 Å². The Balaban J connectivity index is 1.52. The molecule has 0 N–H and O–H groups in total. The zero-order valence-corrected chi connectivity index (χ0v) is 16.8. The second-order valence-electron chi connectivity index (χ2n) is 6.81. The maximum atomic E-state index is 12.8. The van der Waals surface area contributed by atoms with Gasteiger partial charge in [0.05, 0.1) is 11.4 Å². The van der Waals surface area contributed by atoms with Gasteiger partial charge in [-0.1, -0.05) is 36.4 Å². The van der Waals surface area contributed by atoms with Crippen LogP contribution in [0.25, 0.3) is 5.00 Å². The monoisotopic (exact) mass is 404 g/mol. The molecule has 0 amide bonds. The summed E-state index contributed by atoms with van der Waals surface area (Å²) in [7, 11) is 0. The molecule has 0 spiro atoms. The number of carbonyl (C=O) groups is 1. The molecule has 0 radical (unpaired) electrons. The van der Waals surface area contributed by atoms with Gasteiger partial charge in [-0.05, 0) is 42.2 Å². The van der Waals surface area contributed by atoms with Gasteiger partial charge in [-0.15, -0.1) is 11.3 Å². The maximum absolute atomic E-state index is 12.8. The average Bonchev–Trinajstić information content (AvgIpc) is 3.30. The lowest BCUT2D eigenvalue weighted by Gasteiger charge is -2.00. The molecule has 0 fully saturated rings. The number of benzene rings is 1. The normalized spacial score (nSPS) is 10.9. The van der Waals surface area contributed by atoms with Gasteiger partial charge >= 0.3 is 5.69 Å². The summed E-state index contributed by atoms with van der Waals surface area (Å²) in [5, 5.41) is 4.93. The van der Waals surface area contributed by atoms with E-state index >= 15 is 0 Å². The van der Waals surface area contributed by atoms with Gasteiger partial charge in [0.1, 0.15) is 11.3 Å².